The molecule has 0 spiro atoms. The van der Waals surface area contributed by atoms with Crippen molar-refractivity contribution in [1.29, 1.82) is 0 Å². The second-order valence-electron chi connectivity index (χ2n) is 5.21. The van der Waals surface area contributed by atoms with E-state index >= 15 is 0 Å². The van der Waals surface area contributed by atoms with Crippen LogP contribution in [-0.4, -0.2) is 10.9 Å². The summed E-state index contributed by atoms with van der Waals surface area (Å²) in [5.41, 5.74) is 3.14. The lowest BCUT2D eigenvalue weighted by Gasteiger charge is -2.04. The topological polar surface area (TPSA) is 42.0 Å². The summed E-state index contributed by atoms with van der Waals surface area (Å²) in [7, 11) is 0. The number of benzene rings is 1. The summed E-state index contributed by atoms with van der Waals surface area (Å²) in [5.74, 6) is -0.00483. The highest BCUT2D eigenvalue weighted by atomic mass is 79.9. The molecule has 0 radical (unpaired) electrons. The molecule has 118 valence electrons. The number of rotatable bonds is 5. The third kappa shape index (κ3) is 4.50. The van der Waals surface area contributed by atoms with Gasteiger partial charge in [0, 0.05) is 21.8 Å². The molecule has 0 bridgehead atoms. The smallest absolute Gasteiger partial charge is 0.226 e. The Morgan fingerprint density at radius 2 is 2.00 bits per heavy atom. The molecule has 0 unspecified atom stereocenters. The Morgan fingerprint density at radius 1 is 1.22 bits per heavy atom. The summed E-state index contributed by atoms with van der Waals surface area (Å²) >= 11 is 6.66. The van der Waals surface area contributed by atoms with Gasteiger partial charge in [0.05, 0.1) is 17.0 Å². The number of hydrogen-bond acceptors (Lipinski definition) is 4. The Kier molecular flexibility index (Phi) is 5.25. The summed E-state index contributed by atoms with van der Waals surface area (Å²) in [6.45, 7) is 2.60. The number of thiazole rings is 1. The molecule has 3 nitrogen and oxygen atoms in total. The lowest BCUT2D eigenvalue weighted by atomic mass is 10.1. The molecule has 1 aromatic carbocycles. The lowest BCUT2D eigenvalue weighted by Crippen LogP contribution is -2.24. The van der Waals surface area contributed by atoms with E-state index in [1.165, 1.54) is 5.56 Å². The lowest BCUT2D eigenvalue weighted by molar-refractivity contribution is -0.120. The molecule has 0 saturated heterocycles. The Labute approximate surface area is 151 Å². The molecule has 0 saturated carbocycles. The predicted octanol–water partition coefficient (Wildman–Crippen LogP) is 4.80. The maximum atomic E-state index is 12.1. The van der Waals surface area contributed by atoms with E-state index < -0.39 is 0 Å². The van der Waals surface area contributed by atoms with Crippen molar-refractivity contribution in [2.75, 3.05) is 0 Å². The Balaban J connectivity index is 1.56. The van der Waals surface area contributed by atoms with Crippen molar-refractivity contribution in [2.24, 2.45) is 0 Å². The van der Waals surface area contributed by atoms with Gasteiger partial charge in [0.2, 0.25) is 5.91 Å². The van der Waals surface area contributed by atoms with Crippen LogP contribution in [-0.2, 0) is 17.8 Å². The number of carbonyl (C=O) groups excluding carboxylic acids is 1. The number of amides is 1. The summed E-state index contributed by atoms with van der Waals surface area (Å²) in [5, 5.41) is 7.89. The molecule has 0 aliphatic heterocycles. The van der Waals surface area contributed by atoms with E-state index in [2.05, 4.69) is 26.2 Å². The Morgan fingerprint density at radius 3 is 2.70 bits per heavy atom. The van der Waals surface area contributed by atoms with Crippen LogP contribution in [0.15, 0.2) is 45.6 Å². The normalized spacial score (nSPS) is 10.7. The zero-order valence-electron chi connectivity index (χ0n) is 12.5. The van der Waals surface area contributed by atoms with E-state index in [1.54, 1.807) is 22.7 Å². The van der Waals surface area contributed by atoms with Crippen molar-refractivity contribution in [3.05, 3.63) is 62.4 Å². The highest BCUT2D eigenvalue weighted by Gasteiger charge is 2.10. The van der Waals surface area contributed by atoms with Crippen LogP contribution in [0.5, 0.6) is 0 Å². The molecule has 1 amide bonds. The van der Waals surface area contributed by atoms with Crippen LogP contribution in [0.2, 0.25) is 0 Å². The third-order valence-corrected chi connectivity index (χ3v) is 6.03. The van der Waals surface area contributed by atoms with Crippen LogP contribution in [0.3, 0.4) is 0 Å². The average molecular weight is 407 g/mol. The standard InChI is InChI=1S/C17H15BrN2OS2/c1-11-2-4-12(5-3-11)8-19-16(21)7-14-10-23-17(20-14)15-6-13(18)9-22-15/h2-6,9-10H,7-8H2,1H3,(H,19,21). The van der Waals surface area contributed by atoms with Gasteiger partial charge in [-0.15, -0.1) is 22.7 Å². The maximum absolute atomic E-state index is 12.1. The largest absolute Gasteiger partial charge is 0.352 e. The van der Waals surface area contributed by atoms with Gasteiger partial charge in [-0.3, -0.25) is 4.79 Å². The number of aromatic nitrogens is 1. The fourth-order valence-corrected chi connectivity index (χ4v) is 4.39. The van der Waals surface area contributed by atoms with E-state index in [0.717, 1.165) is 25.6 Å². The second kappa shape index (κ2) is 7.38. The van der Waals surface area contributed by atoms with E-state index in [1.807, 2.05) is 48.0 Å². The molecule has 6 heteroatoms. The molecule has 3 aromatic rings. The fraction of sp³-hybridized carbons (Fsp3) is 0.176. The van der Waals surface area contributed by atoms with E-state index in [4.69, 9.17) is 0 Å². The van der Waals surface area contributed by atoms with Crippen molar-refractivity contribution in [3.8, 4) is 9.88 Å². The zero-order valence-corrected chi connectivity index (χ0v) is 15.7. The van der Waals surface area contributed by atoms with Crippen molar-refractivity contribution < 1.29 is 4.79 Å². The average Bonchev–Trinajstić information content (AvgIpc) is 3.16. The van der Waals surface area contributed by atoms with E-state index in [0.29, 0.717) is 13.0 Å². The first kappa shape index (κ1) is 16.4. The van der Waals surface area contributed by atoms with E-state index in [9.17, 15) is 4.79 Å². The van der Waals surface area contributed by atoms with Crippen LogP contribution >= 0.6 is 38.6 Å². The minimum atomic E-state index is -0.00483. The number of thiophene rings is 1. The van der Waals surface area contributed by atoms with Crippen LogP contribution in [0.25, 0.3) is 9.88 Å². The summed E-state index contributed by atoms with van der Waals surface area (Å²) in [6.07, 6.45) is 0.314. The van der Waals surface area contributed by atoms with Gasteiger partial charge in [0.1, 0.15) is 5.01 Å². The molecule has 0 aliphatic rings. The number of nitrogens with one attached hydrogen (secondary N) is 1. The quantitative estimate of drug-likeness (QED) is 0.660. The molecule has 0 atom stereocenters. The molecule has 0 aliphatic carbocycles. The predicted molar refractivity (Wildman–Crippen MR) is 99.9 cm³/mol. The van der Waals surface area contributed by atoms with Gasteiger partial charge in [0.25, 0.3) is 0 Å². The summed E-state index contributed by atoms with van der Waals surface area (Å²) in [4.78, 5) is 17.7. The molecule has 2 aromatic heterocycles. The van der Waals surface area contributed by atoms with Gasteiger partial charge in [-0.25, -0.2) is 4.98 Å². The first-order chi connectivity index (χ1) is 11.1. The number of nitrogens with zero attached hydrogens (tertiary/aromatic N) is 1. The van der Waals surface area contributed by atoms with Gasteiger partial charge in [-0.05, 0) is 34.5 Å². The van der Waals surface area contributed by atoms with Crippen LogP contribution in [0, 0.1) is 6.92 Å². The Bertz CT molecular complexity index is 808. The van der Waals surface area contributed by atoms with Gasteiger partial charge < -0.3 is 5.32 Å². The van der Waals surface area contributed by atoms with Crippen LogP contribution < -0.4 is 5.32 Å². The van der Waals surface area contributed by atoms with Gasteiger partial charge in [0.15, 0.2) is 0 Å². The van der Waals surface area contributed by atoms with Crippen LogP contribution in [0.1, 0.15) is 16.8 Å². The van der Waals surface area contributed by atoms with Gasteiger partial charge in [-0.1, -0.05) is 29.8 Å². The number of carbonyl (C=O) groups is 1. The highest BCUT2D eigenvalue weighted by Crippen LogP contribution is 2.32. The first-order valence-electron chi connectivity index (χ1n) is 7.11. The molecular weight excluding hydrogens is 392 g/mol. The van der Waals surface area contributed by atoms with Crippen molar-refractivity contribution in [3.63, 3.8) is 0 Å². The monoisotopic (exact) mass is 406 g/mol. The number of halogens is 1. The molecule has 0 fully saturated rings. The molecule has 23 heavy (non-hydrogen) atoms. The molecular formula is C17H15BrN2OS2. The minimum absolute atomic E-state index is 0.00483. The van der Waals surface area contributed by atoms with E-state index in [-0.39, 0.29) is 5.91 Å². The number of aryl methyl sites for hydroxylation is 1. The molecule has 2 heterocycles. The maximum Gasteiger partial charge on any atom is 0.226 e. The summed E-state index contributed by atoms with van der Waals surface area (Å²) < 4.78 is 1.06. The zero-order chi connectivity index (χ0) is 16.2. The highest BCUT2D eigenvalue weighted by molar-refractivity contribution is 9.10. The van der Waals surface area contributed by atoms with Crippen LogP contribution in [0.4, 0.5) is 0 Å². The molecule has 1 N–H and O–H groups in total. The first-order valence-corrected chi connectivity index (χ1v) is 9.66. The Hall–Kier alpha value is -1.50. The van der Waals surface area contributed by atoms with Crippen molar-refractivity contribution in [1.82, 2.24) is 10.3 Å². The number of hydrogen-bond donors (Lipinski definition) is 1. The van der Waals surface area contributed by atoms with Crippen molar-refractivity contribution in [2.45, 2.75) is 19.9 Å². The van der Waals surface area contributed by atoms with Gasteiger partial charge in [-0.2, -0.15) is 0 Å². The third-order valence-electron chi connectivity index (χ3n) is 3.28. The fourth-order valence-electron chi connectivity index (χ4n) is 2.06. The van der Waals surface area contributed by atoms with Crippen molar-refractivity contribution >= 4 is 44.5 Å². The SMILES string of the molecule is Cc1ccc(CNC(=O)Cc2csc(-c3cc(Br)cs3)n2)cc1. The second-order valence-corrected chi connectivity index (χ2v) is 7.90. The van der Waals surface area contributed by atoms with Gasteiger partial charge >= 0.3 is 0 Å². The molecule has 3 rings (SSSR count). The minimum Gasteiger partial charge on any atom is -0.352 e. The summed E-state index contributed by atoms with van der Waals surface area (Å²) in [6, 6.07) is 10.2.